The first-order chi connectivity index (χ1) is 9.94. The van der Waals surface area contributed by atoms with Crippen molar-refractivity contribution < 1.29 is 14.6 Å². The number of hydrogen-bond acceptors (Lipinski definition) is 5. The number of rotatable bonds is 5. The van der Waals surface area contributed by atoms with Gasteiger partial charge in [0, 0.05) is 45.0 Å². The third-order valence-electron chi connectivity index (χ3n) is 3.59. The van der Waals surface area contributed by atoms with E-state index in [1.54, 1.807) is 10.8 Å². The molecule has 0 radical (unpaired) electrons. The molecule has 0 aliphatic carbocycles. The fourth-order valence-electron chi connectivity index (χ4n) is 2.41. The molecule has 1 aliphatic rings. The van der Waals surface area contributed by atoms with Gasteiger partial charge in [-0.3, -0.25) is 4.79 Å². The lowest BCUT2D eigenvalue weighted by atomic mass is 9.90. The van der Waals surface area contributed by atoms with Gasteiger partial charge in [0.1, 0.15) is 5.54 Å². The van der Waals surface area contributed by atoms with E-state index >= 15 is 0 Å². The Hall–Kier alpha value is -1.89. The van der Waals surface area contributed by atoms with Crippen LogP contribution in [0.2, 0.25) is 0 Å². The van der Waals surface area contributed by atoms with Crippen molar-refractivity contribution in [3.63, 3.8) is 0 Å². The van der Waals surface area contributed by atoms with Gasteiger partial charge in [-0.15, -0.1) is 0 Å². The van der Waals surface area contributed by atoms with Gasteiger partial charge in [0.15, 0.2) is 5.82 Å². The van der Waals surface area contributed by atoms with Crippen LogP contribution in [0.25, 0.3) is 0 Å². The Balaban J connectivity index is 2.29. The van der Waals surface area contributed by atoms with Crippen molar-refractivity contribution in [3.8, 4) is 0 Å². The van der Waals surface area contributed by atoms with Gasteiger partial charge in [0.05, 0.1) is 0 Å². The van der Waals surface area contributed by atoms with Gasteiger partial charge in [-0.1, -0.05) is 13.8 Å². The first kappa shape index (κ1) is 15.5. The summed E-state index contributed by atoms with van der Waals surface area (Å²) in [4.78, 5) is 28.0. The van der Waals surface area contributed by atoms with Crippen LogP contribution < -0.4 is 10.9 Å². The summed E-state index contributed by atoms with van der Waals surface area (Å²) in [5.41, 5.74) is -1.47. The van der Waals surface area contributed by atoms with Crippen molar-refractivity contribution in [3.05, 3.63) is 22.7 Å². The molecule has 0 saturated carbocycles. The van der Waals surface area contributed by atoms with Gasteiger partial charge < -0.3 is 19.7 Å². The second kappa shape index (κ2) is 6.26. The van der Waals surface area contributed by atoms with E-state index in [1.807, 2.05) is 13.8 Å². The summed E-state index contributed by atoms with van der Waals surface area (Å²) in [6, 6.07) is 0. The lowest BCUT2D eigenvalue weighted by molar-refractivity contribution is -0.145. The highest BCUT2D eigenvalue weighted by Gasteiger charge is 2.41. The maximum absolute atomic E-state index is 12.4. The molecule has 1 aromatic heterocycles. The Labute approximate surface area is 123 Å². The number of carboxylic acid groups (broad SMARTS) is 1. The maximum Gasteiger partial charge on any atom is 0.329 e. The molecular weight excluding hydrogens is 274 g/mol. The molecule has 0 atom stereocenters. The predicted molar refractivity (Wildman–Crippen MR) is 77.4 cm³/mol. The molecule has 0 unspecified atom stereocenters. The number of anilines is 1. The summed E-state index contributed by atoms with van der Waals surface area (Å²) < 4.78 is 6.76. The summed E-state index contributed by atoms with van der Waals surface area (Å²) in [5.74, 6) is -0.580. The molecule has 1 aromatic rings. The number of nitrogens with zero attached hydrogens (tertiary/aromatic N) is 2. The van der Waals surface area contributed by atoms with Crippen molar-refractivity contribution in [2.75, 3.05) is 18.5 Å². The van der Waals surface area contributed by atoms with Crippen LogP contribution in [0, 0.1) is 5.92 Å². The second-order valence-corrected chi connectivity index (χ2v) is 5.75. The number of carboxylic acids is 1. The lowest BCUT2D eigenvalue weighted by Crippen LogP contribution is -2.52. The Bertz CT molecular complexity index is 562. The second-order valence-electron chi connectivity index (χ2n) is 5.75. The van der Waals surface area contributed by atoms with Crippen molar-refractivity contribution in [2.24, 2.45) is 5.92 Å². The topological polar surface area (TPSA) is 93.5 Å². The van der Waals surface area contributed by atoms with Crippen LogP contribution in [-0.2, 0) is 16.1 Å². The molecule has 2 rings (SSSR count). The number of carbonyl (C=O) groups is 1. The normalized spacial score (nSPS) is 17.7. The monoisotopic (exact) mass is 295 g/mol. The van der Waals surface area contributed by atoms with Crippen LogP contribution in [0.4, 0.5) is 5.82 Å². The van der Waals surface area contributed by atoms with Crippen LogP contribution in [0.15, 0.2) is 17.2 Å². The van der Waals surface area contributed by atoms with E-state index < -0.39 is 11.5 Å². The SMILES string of the molecule is CC(C)Cn1ccnc(NC2(C(=O)O)CCOCC2)c1=O. The highest BCUT2D eigenvalue weighted by molar-refractivity contribution is 5.82. The Morgan fingerprint density at radius 3 is 2.76 bits per heavy atom. The number of aliphatic carboxylic acids is 1. The minimum Gasteiger partial charge on any atom is -0.480 e. The molecule has 21 heavy (non-hydrogen) atoms. The average Bonchev–Trinajstić information content (AvgIpc) is 2.44. The van der Waals surface area contributed by atoms with E-state index in [9.17, 15) is 14.7 Å². The predicted octanol–water partition coefficient (Wildman–Crippen LogP) is 0.945. The fraction of sp³-hybridized carbons (Fsp3) is 0.643. The zero-order chi connectivity index (χ0) is 15.5. The molecule has 116 valence electrons. The molecule has 7 nitrogen and oxygen atoms in total. The van der Waals surface area contributed by atoms with Crippen LogP contribution in [-0.4, -0.2) is 39.4 Å². The molecule has 1 saturated heterocycles. The summed E-state index contributed by atoms with van der Waals surface area (Å²) in [6.07, 6.45) is 3.75. The molecule has 0 amide bonds. The van der Waals surface area contributed by atoms with Gasteiger partial charge >= 0.3 is 5.97 Å². The Kier molecular flexibility index (Phi) is 4.62. The smallest absolute Gasteiger partial charge is 0.329 e. The lowest BCUT2D eigenvalue weighted by Gasteiger charge is -2.34. The molecule has 2 heterocycles. The van der Waals surface area contributed by atoms with E-state index in [1.165, 1.54) is 6.20 Å². The zero-order valence-electron chi connectivity index (χ0n) is 12.3. The van der Waals surface area contributed by atoms with Crippen molar-refractivity contribution in [1.82, 2.24) is 9.55 Å². The quantitative estimate of drug-likeness (QED) is 0.840. The number of nitrogens with one attached hydrogen (secondary N) is 1. The van der Waals surface area contributed by atoms with E-state index in [0.717, 1.165) is 0 Å². The van der Waals surface area contributed by atoms with Gasteiger partial charge in [0.2, 0.25) is 0 Å². The van der Waals surface area contributed by atoms with Crippen molar-refractivity contribution in [1.29, 1.82) is 0 Å². The molecule has 1 aliphatic heterocycles. The highest BCUT2D eigenvalue weighted by Crippen LogP contribution is 2.24. The first-order valence-electron chi connectivity index (χ1n) is 7.09. The van der Waals surface area contributed by atoms with E-state index in [-0.39, 0.29) is 11.4 Å². The summed E-state index contributed by atoms with van der Waals surface area (Å²) >= 11 is 0. The molecule has 7 heteroatoms. The van der Waals surface area contributed by atoms with Crippen molar-refractivity contribution >= 4 is 11.8 Å². The van der Waals surface area contributed by atoms with Crippen LogP contribution in [0.1, 0.15) is 26.7 Å². The van der Waals surface area contributed by atoms with Gasteiger partial charge in [0.25, 0.3) is 5.56 Å². The standard InChI is InChI=1S/C14H21N3O4/c1-10(2)9-17-6-5-15-11(12(17)18)16-14(13(19)20)3-7-21-8-4-14/h5-6,10H,3-4,7-9H2,1-2H3,(H,15,16)(H,19,20). The maximum atomic E-state index is 12.4. The number of aromatic nitrogens is 2. The highest BCUT2D eigenvalue weighted by atomic mass is 16.5. The molecule has 0 spiro atoms. The number of hydrogen-bond donors (Lipinski definition) is 2. The zero-order valence-corrected chi connectivity index (χ0v) is 12.3. The van der Waals surface area contributed by atoms with E-state index in [4.69, 9.17) is 4.74 Å². The fourth-order valence-corrected chi connectivity index (χ4v) is 2.41. The summed E-state index contributed by atoms with van der Waals surface area (Å²) in [7, 11) is 0. The van der Waals surface area contributed by atoms with Crippen molar-refractivity contribution in [2.45, 2.75) is 38.8 Å². The molecule has 1 fully saturated rings. The average molecular weight is 295 g/mol. The van der Waals surface area contributed by atoms with Crippen LogP contribution in [0.5, 0.6) is 0 Å². The van der Waals surface area contributed by atoms with Gasteiger partial charge in [-0.25, -0.2) is 9.78 Å². The summed E-state index contributed by atoms with van der Waals surface area (Å²) in [5, 5.41) is 12.4. The minimum atomic E-state index is -1.18. The Morgan fingerprint density at radius 1 is 1.52 bits per heavy atom. The number of ether oxygens (including phenoxy) is 1. The van der Waals surface area contributed by atoms with E-state index in [0.29, 0.717) is 38.5 Å². The van der Waals surface area contributed by atoms with E-state index in [2.05, 4.69) is 10.3 Å². The Morgan fingerprint density at radius 2 is 2.19 bits per heavy atom. The molecular formula is C14H21N3O4. The summed E-state index contributed by atoms with van der Waals surface area (Å²) in [6.45, 7) is 5.30. The van der Waals surface area contributed by atoms with Gasteiger partial charge in [-0.2, -0.15) is 0 Å². The molecule has 0 bridgehead atoms. The largest absolute Gasteiger partial charge is 0.480 e. The minimum absolute atomic E-state index is 0.0856. The third-order valence-corrected chi connectivity index (χ3v) is 3.59. The van der Waals surface area contributed by atoms with Crippen LogP contribution in [0.3, 0.4) is 0 Å². The molecule has 0 aromatic carbocycles. The van der Waals surface area contributed by atoms with Gasteiger partial charge in [-0.05, 0) is 5.92 Å². The first-order valence-corrected chi connectivity index (χ1v) is 7.09. The molecule has 2 N–H and O–H groups in total. The van der Waals surface area contributed by atoms with Crippen LogP contribution >= 0.6 is 0 Å². The third kappa shape index (κ3) is 3.41.